The molecule has 19 heavy (non-hydrogen) atoms. The summed E-state index contributed by atoms with van der Waals surface area (Å²) in [6.07, 6.45) is 0. The molecule has 0 saturated carbocycles. The fraction of sp³-hybridized carbons (Fsp3) is 0.231. The second-order valence-electron chi connectivity index (χ2n) is 4.09. The van der Waals surface area contributed by atoms with Crippen LogP contribution in [0.5, 0.6) is 0 Å². The average molecular weight is 316 g/mol. The van der Waals surface area contributed by atoms with E-state index in [9.17, 15) is 8.42 Å². The van der Waals surface area contributed by atoms with Crippen molar-refractivity contribution in [3.63, 3.8) is 0 Å². The summed E-state index contributed by atoms with van der Waals surface area (Å²) in [5, 5.41) is 1.95. The Kier molecular flexibility index (Phi) is 4.62. The molecule has 0 saturated heterocycles. The van der Waals surface area contributed by atoms with Crippen LogP contribution in [0.3, 0.4) is 0 Å². The third-order valence-electron chi connectivity index (χ3n) is 2.80. The van der Waals surface area contributed by atoms with Crippen LogP contribution in [0.25, 0.3) is 0 Å². The Morgan fingerprint density at radius 1 is 1.26 bits per heavy atom. The van der Waals surface area contributed by atoms with Crippen molar-refractivity contribution < 1.29 is 8.42 Å². The van der Waals surface area contributed by atoms with Crippen molar-refractivity contribution in [1.82, 2.24) is 4.72 Å². The van der Waals surface area contributed by atoms with Gasteiger partial charge in [-0.3, -0.25) is 0 Å². The molecule has 3 nitrogen and oxygen atoms in total. The number of alkyl halides is 1. The van der Waals surface area contributed by atoms with Gasteiger partial charge in [-0.15, -0.1) is 22.9 Å². The Bertz CT molecular complexity index is 665. The molecule has 0 aliphatic carbocycles. The van der Waals surface area contributed by atoms with Crippen LogP contribution in [0.4, 0.5) is 0 Å². The van der Waals surface area contributed by atoms with Gasteiger partial charge < -0.3 is 0 Å². The second-order valence-corrected chi connectivity index (χ2v) is 7.10. The van der Waals surface area contributed by atoms with Gasteiger partial charge in [-0.2, -0.15) is 0 Å². The van der Waals surface area contributed by atoms with Crippen LogP contribution in [0.2, 0.25) is 0 Å². The van der Waals surface area contributed by atoms with E-state index in [1.165, 1.54) is 0 Å². The molecular formula is C13H14ClNO2S2. The molecular weight excluding hydrogens is 302 g/mol. The molecule has 0 aliphatic heterocycles. The number of nitrogens with one attached hydrogen (secondary N) is 1. The van der Waals surface area contributed by atoms with Gasteiger partial charge in [-0.25, -0.2) is 13.1 Å². The van der Waals surface area contributed by atoms with Crippen LogP contribution in [-0.2, 0) is 22.4 Å². The van der Waals surface area contributed by atoms with Crippen molar-refractivity contribution >= 4 is 33.0 Å². The van der Waals surface area contributed by atoms with Crippen LogP contribution < -0.4 is 4.72 Å². The number of sulfonamides is 1. The first-order valence-electron chi connectivity index (χ1n) is 5.71. The Balaban J connectivity index is 2.21. The van der Waals surface area contributed by atoms with Gasteiger partial charge in [-0.05, 0) is 35.6 Å². The van der Waals surface area contributed by atoms with Gasteiger partial charge in [-0.1, -0.05) is 18.2 Å². The predicted molar refractivity (Wildman–Crippen MR) is 79.1 cm³/mol. The lowest BCUT2D eigenvalue weighted by atomic mass is 10.2. The quantitative estimate of drug-likeness (QED) is 0.861. The van der Waals surface area contributed by atoms with Crippen LogP contribution in [-0.4, -0.2) is 8.42 Å². The average Bonchev–Trinajstić information content (AvgIpc) is 2.82. The number of rotatable bonds is 5. The van der Waals surface area contributed by atoms with Crippen molar-refractivity contribution in [3.05, 3.63) is 51.7 Å². The summed E-state index contributed by atoms with van der Waals surface area (Å²) < 4.78 is 27.1. The maximum atomic E-state index is 12.3. The maximum absolute atomic E-state index is 12.3. The Hall–Kier alpha value is -0.880. The van der Waals surface area contributed by atoms with Crippen LogP contribution in [0.15, 0.2) is 40.6 Å². The zero-order chi connectivity index (χ0) is 13.9. The van der Waals surface area contributed by atoms with E-state index in [0.29, 0.717) is 12.1 Å². The van der Waals surface area contributed by atoms with Gasteiger partial charge in [0.2, 0.25) is 10.0 Å². The van der Waals surface area contributed by atoms with Gasteiger partial charge in [0.1, 0.15) is 0 Å². The third kappa shape index (κ3) is 3.36. The number of benzene rings is 1. The fourth-order valence-corrected chi connectivity index (χ4v) is 4.18. The van der Waals surface area contributed by atoms with E-state index in [0.717, 1.165) is 10.4 Å². The van der Waals surface area contributed by atoms with Gasteiger partial charge in [0.05, 0.1) is 4.90 Å². The third-order valence-corrected chi connectivity index (χ3v) is 5.61. The van der Waals surface area contributed by atoms with E-state index < -0.39 is 10.0 Å². The van der Waals surface area contributed by atoms with Crippen molar-refractivity contribution in [2.24, 2.45) is 0 Å². The molecule has 1 heterocycles. The van der Waals surface area contributed by atoms with E-state index in [-0.39, 0.29) is 10.8 Å². The van der Waals surface area contributed by atoms with E-state index in [1.54, 1.807) is 35.6 Å². The zero-order valence-electron chi connectivity index (χ0n) is 10.4. The number of halogens is 1. The molecule has 2 aromatic rings. The first-order valence-corrected chi connectivity index (χ1v) is 8.61. The molecule has 1 aromatic carbocycles. The van der Waals surface area contributed by atoms with Gasteiger partial charge in [0.25, 0.3) is 0 Å². The molecule has 102 valence electrons. The summed E-state index contributed by atoms with van der Waals surface area (Å²) in [7, 11) is -3.52. The first kappa shape index (κ1) is 14.5. The molecule has 2 rings (SSSR count). The molecule has 1 aromatic heterocycles. The monoisotopic (exact) mass is 315 g/mol. The largest absolute Gasteiger partial charge is 0.241 e. The van der Waals surface area contributed by atoms with E-state index in [1.807, 2.05) is 18.4 Å². The summed E-state index contributed by atoms with van der Waals surface area (Å²) in [4.78, 5) is 1.27. The van der Waals surface area contributed by atoms with Crippen LogP contribution in [0.1, 0.15) is 16.0 Å². The minimum Gasteiger partial charge on any atom is -0.207 e. The molecule has 6 heteroatoms. The highest BCUT2D eigenvalue weighted by Gasteiger charge is 2.17. The first-order chi connectivity index (χ1) is 9.04. The fourth-order valence-electron chi connectivity index (χ4n) is 1.70. The molecule has 0 amide bonds. The smallest absolute Gasteiger partial charge is 0.207 e. The SMILES string of the molecule is Cc1ccsc1CNS(=O)(=O)c1ccccc1CCl. The van der Waals surface area contributed by atoms with Gasteiger partial charge >= 0.3 is 0 Å². The Morgan fingerprint density at radius 3 is 2.63 bits per heavy atom. The second kappa shape index (κ2) is 6.05. The summed E-state index contributed by atoms with van der Waals surface area (Å²) in [6.45, 7) is 2.27. The summed E-state index contributed by atoms with van der Waals surface area (Å²) in [5.41, 5.74) is 1.71. The summed E-state index contributed by atoms with van der Waals surface area (Å²) in [6, 6.07) is 8.74. The lowest BCUT2D eigenvalue weighted by molar-refractivity contribution is 0.581. The topological polar surface area (TPSA) is 46.2 Å². The number of hydrogen-bond acceptors (Lipinski definition) is 3. The van der Waals surface area contributed by atoms with Crippen LogP contribution in [0, 0.1) is 6.92 Å². The Morgan fingerprint density at radius 2 is 2.00 bits per heavy atom. The van der Waals surface area contributed by atoms with Crippen molar-refractivity contribution in [3.8, 4) is 0 Å². The predicted octanol–water partition coefficient (Wildman–Crippen LogP) is 3.27. The van der Waals surface area contributed by atoms with Crippen LogP contribution >= 0.6 is 22.9 Å². The van der Waals surface area contributed by atoms with Crippen molar-refractivity contribution in [2.75, 3.05) is 0 Å². The molecule has 0 atom stereocenters. The molecule has 1 N–H and O–H groups in total. The van der Waals surface area contributed by atoms with E-state index >= 15 is 0 Å². The lowest BCUT2D eigenvalue weighted by Gasteiger charge is -2.09. The highest BCUT2D eigenvalue weighted by molar-refractivity contribution is 7.89. The molecule has 0 spiro atoms. The highest BCUT2D eigenvalue weighted by Crippen LogP contribution is 2.19. The molecule has 0 unspecified atom stereocenters. The minimum atomic E-state index is -3.52. The summed E-state index contributed by atoms with van der Waals surface area (Å²) >= 11 is 7.32. The molecule has 0 aliphatic rings. The zero-order valence-corrected chi connectivity index (χ0v) is 12.8. The molecule has 0 bridgehead atoms. The lowest BCUT2D eigenvalue weighted by Crippen LogP contribution is -2.24. The van der Waals surface area contributed by atoms with Crippen molar-refractivity contribution in [2.45, 2.75) is 24.2 Å². The standard InChI is InChI=1S/C13H14ClNO2S2/c1-10-6-7-18-12(10)9-15-19(16,17)13-5-3-2-4-11(13)8-14/h2-7,15H,8-9H2,1H3. The normalized spacial score (nSPS) is 11.7. The number of thiophene rings is 1. The van der Waals surface area contributed by atoms with Crippen molar-refractivity contribution in [1.29, 1.82) is 0 Å². The number of aryl methyl sites for hydroxylation is 1. The van der Waals surface area contributed by atoms with E-state index in [4.69, 9.17) is 11.6 Å². The molecule has 0 fully saturated rings. The maximum Gasteiger partial charge on any atom is 0.241 e. The van der Waals surface area contributed by atoms with Gasteiger partial charge in [0, 0.05) is 17.3 Å². The van der Waals surface area contributed by atoms with Gasteiger partial charge in [0.15, 0.2) is 0 Å². The van der Waals surface area contributed by atoms with E-state index in [2.05, 4.69) is 4.72 Å². The Labute approximate surface area is 122 Å². The highest BCUT2D eigenvalue weighted by atomic mass is 35.5. The minimum absolute atomic E-state index is 0.176. The molecule has 0 radical (unpaired) electrons. The number of hydrogen-bond donors (Lipinski definition) is 1. The summed E-state index contributed by atoms with van der Waals surface area (Å²) in [5.74, 6) is 0.176.